The average molecular weight is 195 g/mol. The van der Waals surface area contributed by atoms with E-state index in [-0.39, 0.29) is 0 Å². The minimum atomic E-state index is 0.836. The van der Waals surface area contributed by atoms with Crippen molar-refractivity contribution in [3.05, 3.63) is 0 Å². The van der Waals surface area contributed by atoms with Crippen LogP contribution in [-0.4, -0.2) is 12.1 Å². The molecule has 1 aliphatic carbocycles. The van der Waals surface area contributed by atoms with Gasteiger partial charge in [-0.2, -0.15) is 0 Å². The lowest BCUT2D eigenvalue weighted by molar-refractivity contribution is 0.325. The highest BCUT2D eigenvalue weighted by Crippen LogP contribution is 2.35. The summed E-state index contributed by atoms with van der Waals surface area (Å²) in [6.45, 7) is 4.73. The number of hydrogen-bond donors (Lipinski definition) is 1. The fourth-order valence-electron chi connectivity index (χ4n) is 3.43. The second-order valence-electron chi connectivity index (χ2n) is 5.43. The number of hydrogen-bond acceptors (Lipinski definition) is 1. The van der Waals surface area contributed by atoms with Crippen LogP contribution < -0.4 is 5.32 Å². The molecule has 0 radical (unpaired) electrons. The van der Waals surface area contributed by atoms with Gasteiger partial charge in [-0.05, 0) is 37.5 Å². The molecule has 0 amide bonds. The van der Waals surface area contributed by atoms with E-state index in [0.29, 0.717) is 0 Å². The highest BCUT2D eigenvalue weighted by atomic mass is 15.0. The summed E-state index contributed by atoms with van der Waals surface area (Å²) in [5.74, 6) is 1.92. The van der Waals surface area contributed by atoms with E-state index in [1.807, 2.05) is 0 Å². The molecule has 1 saturated heterocycles. The molecule has 14 heavy (non-hydrogen) atoms. The lowest BCUT2D eigenvalue weighted by Crippen LogP contribution is -2.35. The zero-order valence-electron chi connectivity index (χ0n) is 9.76. The van der Waals surface area contributed by atoms with Crippen LogP contribution in [0.4, 0.5) is 0 Å². The van der Waals surface area contributed by atoms with E-state index < -0.39 is 0 Å². The highest BCUT2D eigenvalue weighted by Gasteiger charge is 2.36. The summed E-state index contributed by atoms with van der Waals surface area (Å²) in [6, 6.07) is 1.72. The second-order valence-corrected chi connectivity index (χ2v) is 5.43. The summed E-state index contributed by atoms with van der Waals surface area (Å²) in [5.41, 5.74) is 0. The SMILES string of the molecule is CCCC(C)C1CC2CCCCC2N1. The minimum Gasteiger partial charge on any atom is -0.311 e. The van der Waals surface area contributed by atoms with Gasteiger partial charge in [0.15, 0.2) is 0 Å². The van der Waals surface area contributed by atoms with E-state index in [0.717, 1.165) is 23.9 Å². The smallest absolute Gasteiger partial charge is 0.00986 e. The Labute approximate surface area is 88.7 Å². The first-order valence-electron chi connectivity index (χ1n) is 6.57. The molecule has 4 atom stereocenters. The summed E-state index contributed by atoms with van der Waals surface area (Å²) in [6.07, 6.45) is 10.1. The molecule has 1 N–H and O–H groups in total. The largest absolute Gasteiger partial charge is 0.311 e. The van der Waals surface area contributed by atoms with Crippen molar-refractivity contribution in [2.45, 2.75) is 70.9 Å². The molecule has 1 aliphatic heterocycles. The average Bonchev–Trinajstić information content (AvgIpc) is 2.61. The highest BCUT2D eigenvalue weighted by molar-refractivity contribution is 4.94. The van der Waals surface area contributed by atoms with E-state index in [1.165, 1.54) is 44.9 Å². The Kier molecular flexibility index (Phi) is 3.48. The van der Waals surface area contributed by atoms with Crippen molar-refractivity contribution in [1.29, 1.82) is 0 Å². The van der Waals surface area contributed by atoms with E-state index in [9.17, 15) is 0 Å². The molecule has 2 fully saturated rings. The van der Waals surface area contributed by atoms with Gasteiger partial charge in [-0.15, -0.1) is 0 Å². The number of rotatable bonds is 3. The monoisotopic (exact) mass is 195 g/mol. The first-order valence-corrected chi connectivity index (χ1v) is 6.57. The molecular formula is C13H25N. The van der Waals surface area contributed by atoms with Crippen LogP contribution in [0, 0.1) is 11.8 Å². The summed E-state index contributed by atoms with van der Waals surface area (Å²) in [4.78, 5) is 0. The molecule has 82 valence electrons. The maximum Gasteiger partial charge on any atom is 0.00986 e. The van der Waals surface area contributed by atoms with E-state index in [4.69, 9.17) is 0 Å². The fraction of sp³-hybridized carbons (Fsp3) is 1.00. The van der Waals surface area contributed by atoms with Crippen LogP contribution in [0.1, 0.15) is 58.8 Å². The van der Waals surface area contributed by atoms with Crippen molar-refractivity contribution in [3.63, 3.8) is 0 Å². The Morgan fingerprint density at radius 3 is 2.79 bits per heavy atom. The maximum absolute atomic E-state index is 3.88. The molecule has 0 bridgehead atoms. The van der Waals surface area contributed by atoms with Crippen LogP contribution in [0.2, 0.25) is 0 Å². The van der Waals surface area contributed by atoms with Crippen molar-refractivity contribution in [1.82, 2.24) is 5.32 Å². The van der Waals surface area contributed by atoms with Crippen LogP contribution >= 0.6 is 0 Å². The first-order chi connectivity index (χ1) is 6.81. The fourth-order valence-corrected chi connectivity index (χ4v) is 3.43. The summed E-state index contributed by atoms with van der Waals surface area (Å²) in [5, 5.41) is 3.88. The first kappa shape index (κ1) is 10.5. The van der Waals surface area contributed by atoms with Crippen LogP contribution in [0.25, 0.3) is 0 Å². The Morgan fingerprint density at radius 1 is 1.29 bits per heavy atom. The van der Waals surface area contributed by atoms with E-state index in [2.05, 4.69) is 19.2 Å². The topological polar surface area (TPSA) is 12.0 Å². The Morgan fingerprint density at radius 2 is 2.07 bits per heavy atom. The molecule has 1 heteroatoms. The predicted molar refractivity (Wildman–Crippen MR) is 61.4 cm³/mol. The third kappa shape index (κ3) is 2.13. The summed E-state index contributed by atoms with van der Waals surface area (Å²) in [7, 11) is 0. The Hall–Kier alpha value is -0.0400. The van der Waals surface area contributed by atoms with Gasteiger partial charge in [0.1, 0.15) is 0 Å². The maximum atomic E-state index is 3.88. The van der Waals surface area contributed by atoms with Crippen molar-refractivity contribution in [2.24, 2.45) is 11.8 Å². The normalized spacial score (nSPS) is 39.4. The molecule has 0 spiro atoms. The van der Waals surface area contributed by atoms with Gasteiger partial charge in [0.2, 0.25) is 0 Å². The molecule has 4 unspecified atom stereocenters. The van der Waals surface area contributed by atoms with Crippen molar-refractivity contribution >= 4 is 0 Å². The molecule has 2 aliphatic rings. The lowest BCUT2D eigenvalue weighted by atomic mass is 9.83. The van der Waals surface area contributed by atoms with Crippen LogP contribution in [0.5, 0.6) is 0 Å². The zero-order valence-corrected chi connectivity index (χ0v) is 9.76. The third-order valence-corrected chi connectivity index (χ3v) is 4.32. The van der Waals surface area contributed by atoms with E-state index >= 15 is 0 Å². The second kappa shape index (κ2) is 4.65. The lowest BCUT2D eigenvalue weighted by Gasteiger charge is -2.24. The van der Waals surface area contributed by atoms with Crippen LogP contribution in [0.15, 0.2) is 0 Å². The molecule has 1 heterocycles. The van der Waals surface area contributed by atoms with Crippen LogP contribution in [-0.2, 0) is 0 Å². The molecule has 1 saturated carbocycles. The minimum absolute atomic E-state index is 0.836. The van der Waals surface area contributed by atoms with Crippen molar-refractivity contribution in [2.75, 3.05) is 0 Å². The van der Waals surface area contributed by atoms with Gasteiger partial charge >= 0.3 is 0 Å². The van der Waals surface area contributed by atoms with Gasteiger partial charge in [0.05, 0.1) is 0 Å². The third-order valence-electron chi connectivity index (χ3n) is 4.32. The standard InChI is InChI=1S/C13H25N/c1-3-6-10(2)13-9-11-7-4-5-8-12(11)14-13/h10-14H,3-9H2,1-2H3. The Bertz CT molecular complexity index is 164. The zero-order chi connectivity index (χ0) is 9.97. The number of nitrogens with one attached hydrogen (secondary N) is 1. The molecule has 2 rings (SSSR count). The van der Waals surface area contributed by atoms with Gasteiger partial charge in [-0.1, -0.05) is 33.1 Å². The quantitative estimate of drug-likeness (QED) is 0.728. The van der Waals surface area contributed by atoms with E-state index in [1.54, 1.807) is 0 Å². The predicted octanol–water partition coefficient (Wildman–Crippen LogP) is 3.34. The molecular weight excluding hydrogens is 170 g/mol. The van der Waals surface area contributed by atoms with Crippen LogP contribution in [0.3, 0.4) is 0 Å². The van der Waals surface area contributed by atoms with Crippen molar-refractivity contribution in [3.8, 4) is 0 Å². The van der Waals surface area contributed by atoms with Crippen molar-refractivity contribution < 1.29 is 0 Å². The summed E-state index contributed by atoms with van der Waals surface area (Å²) < 4.78 is 0. The van der Waals surface area contributed by atoms with Gasteiger partial charge in [-0.25, -0.2) is 0 Å². The Balaban J connectivity index is 1.86. The molecule has 0 aromatic rings. The van der Waals surface area contributed by atoms with Gasteiger partial charge in [0, 0.05) is 12.1 Å². The van der Waals surface area contributed by atoms with Gasteiger partial charge in [0.25, 0.3) is 0 Å². The summed E-state index contributed by atoms with van der Waals surface area (Å²) >= 11 is 0. The number of fused-ring (bicyclic) bond motifs is 1. The molecule has 0 aromatic carbocycles. The van der Waals surface area contributed by atoms with Gasteiger partial charge < -0.3 is 5.32 Å². The molecule has 0 aromatic heterocycles. The molecule has 1 nitrogen and oxygen atoms in total. The van der Waals surface area contributed by atoms with Gasteiger partial charge in [-0.3, -0.25) is 0 Å².